The fourth-order valence-corrected chi connectivity index (χ4v) is 4.06. The Kier molecular flexibility index (Phi) is 5.50. The van der Waals surface area contributed by atoms with Gasteiger partial charge in [-0.25, -0.2) is 9.37 Å². The van der Waals surface area contributed by atoms with Crippen LogP contribution in [0.25, 0.3) is 22.0 Å². The summed E-state index contributed by atoms with van der Waals surface area (Å²) in [6, 6.07) is 13.5. The number of hydrogen-bond acceptors (Lipinski definition) is 3. The molecule has 2 aromatic heterocycles. The lowest BCUT2D eigenvalue weighted by Crippen LogP contribution is -2.21. The van der Waals surface area contributed by atoms with Gasteiger partial charge < -0.3 is 9.88 Å². The lowest BCUT2D eigenvalue weighted by Gasteiger charge is -2.14. The molecule has 0 amide bonds. The molecule has 4 rings (SSSR count). The summed E-state index contributed by atoms with van der Waals surface area (Å²) in [5.74, 6) is 0.288. The summed E-state index contributed by atoms with van der Waals surface area (Å²) in [5, 5.41) is 4.78. The van der Waals surface area contributed by atoms with Crippen molar-refractivity contribution in [2.75, 3.05) is 5.32 Å². The van der Waals surface area contributed by atoms with Crippen molar-refractivity contribution in [3.8, 4) is 11.1 Å². The van der Waals surface area contributed by atoms with Gasteiger partial charge in [0, 0.05) is 35.4 Å². The first-order chi connectivity index (χ1) is 14.4. The second kappa shape index (κ2) is 8.09. The lowest BCUT2D eigenvalue weighted by atomic mass is 10.0. The minimum atomic E-state index is -0.266. The number of halogens is 3. The van der Waals surface area contributed by atoms with Gasteiger partial charge in [-0.05, 0) is 55.8 Å². The molecule has 0 fully saturated rings. The van der Waals surface area contributed by atoms with Gasteiger partial charge in [0.05, 0.1) is 21.1 Å². The van der Waals surface area contributed by atoms with E-state index in [2.05, 4.69) is 10.3 Å². The third-order valence-electron chi connectivity index (χ3n) is 4.96. The SMILES string of the molecule is CCn1c(=O)c(-c2c(Cl)cccc2Cl)cc2cnc(Nc3ccc(F)c(C)c3)cc21. The first-order valence-corrected chi connectivity index (χ1v) is 10.2. The van der Waals surface area contributed by atoms with Crippen LogP contribution in [0, 0.1) is 12.7 Å². The normalized spacial score (nSPS) is 11.1. The van der Waals surface area contributed by atoms with Crippen LogP contribution >= 0.6 is 23.2 Å². The molecule has 0 aliphatic rings. The summed E-state index contributed by atoms with van der Waals surface area (Å²) in [6.45, 7) is 4.06. The van der Waals surface area contributed by atoms with Crippen molar-refractivity contribution in [3.63, 3.8) is 0 Å². The number of rotatable bonds is 4. The minimum Gasteiger partial charge on any atom is -0.340 e. The fraction of sp³-hybridized carbons (Fsp3) is 0.130. The first-order valence-electron chi connectivity index (χ1n) is 9.40. The zero-order valence-corrected chi connectivity index (χ0v) is 17.9. The van der Waals surface area contributed by atoms with Crippen molar-refractivity contribution in [1.82, 2.24) is 9.55 Å². The van der Waals surface area contributed by atoms with Gasteiger partial charge in [-0.1, -0.05) is 29.3 Å². The summed E-state index contributed by atoms with van der Waals surface area (Å²) in [6.07, 6.45) is 1.69. The average molecular weight is 442 g/mol. The van der Waals surface area contributed by atoms with Gasteiger partial charge in [-0.3, -0.25) is 4.79 Å². The Bertz CT molecular complexity index is 1310. The second-order valence-electron chi connectivity index (χ2n) is 6.92. The maximum atomic E-state index is 13.5. The fourth-order valence-electron chi connectivity index (χ4n) is 3.46. The average Bonchev–Trinajstić information content (AvgIpc) is 2.71. The van der Waals surface area contributed by atoms with Crippen LogP contribution in [0.1, 0.15) is 12.5 Å². The molecule has 1 N–H and O–H groups in total. The summed E-state index contributed by atoms with van der Waals surface area (Å²) < 4.78 is 15.2. The van der Waals surface area contributed by atoms with Crippen LogP contribution in [0.2, 0.25) is 10.0 Å². The Morgan fingerprint density at radius 3 is 2.50 bits per heavy atom. The molecule has 0 radical (unpaired) electrons. The summed E-state index contributed by atoms with van der Waals surface area (Å²) in [4.78, 5) is 17.7. The number of aryl methyl sites for hydroxylation is 2. The van der Waals surface area contributed by atoms with Gasteiger partial charge >= 0.3 is 0 Å². The van der Waals surface area contributed by atoms with Crippen LogP contribution in [-0.2, 0) is 6.54 Å². The molecule has 2 heterocycles. The number of fused-ring (bicyclic) bond motifs is 1. The van der Waals surface area contributed by atoms with E-state index in [0.29, 0.717) is 44.8 Å². The number of pyridine rings is 2. The third-order valence-corrected chi connectivity index (χ3v) is 5.59. The topological polar surface area (TPSA) is 46.9 Å². The van der Waals surface area contributed by atoms with Gasteiger partial charge in [-0.15, -0.1) is 0 Å². The molecule has 0 spiro atoms. The van der Waals surface area contributed by atoms with Crippen LogP contribution in [0.15, 0.2) is 59.5 Å². The smallest absolute Gasteiger partial charge is 0.259 e. The molecule has 4 nitrogen and oxygen atoms in total. The van der Waals surface area contributed by atoms with Crippen molar-refractivity contribution in [1.29, 1.82) is 0 Å². The van der Waals surface area contributed by atoms with Gasteiger partial charge in [0.25, 0.3) is 5.56 Å². The van der Waals surface area contributed by atoms with Crippen LogP contribution in [0.5, 0.6) is 0 Å². The molecule has 0 atom stereocenters. The molecule has 0 bridgehead atoms. The molecular weight excluding hydrogens is 424 g/mol. The Balaban J connectivity index is 1.85. The van der Waals surface area contributed by atoms with Crippen molar-refractivity contribution >= 4 is 45.6 Å². The predicted octanol–water partition coefficient (Wildman–Crippen LogP) is 6.58. The number of nitrogens with one attached hydrogen (secondary N) is 1. The predicted molar refractivity (Wildman–Crippen MR) is 122 cm³/mol. The van der Waals surface area contributed by atoms with E-state index in [1.165, 1.54) is 6.07 Å². The number of hydrogen-bond donors (Lipinski definition) is 1. The Hall–Kier alpha value is -2.89. The number of anilines is 2. The van der Waals surface area contributed by atoms with Crippen molar-refractivity contribution < 1.29 is 4.39 Å². The van der Waals surface area contributed by atoms with Crippen molar-refractivity contribution in [2.24, 2.45) is 0 Å². The molecule has 0 saturated carbocycles. The van der Waals surface area contributed by atoms with Gasteiger partial charge in [0.15, 0.2) is 0 Å². The van der Waals surface area contributed by atoms with Crippen LogP contribution < -0.4 is 10.9 Å². The molecule has 2 aromatic carbocycles. The molecule has 0 saturated heterocycles. The van der Waals surface area contributed by atoms with E-state index in [0.717, 1.165) is 10.9 Å². The number of benzene rings is 2. The van der Waals surface area contributed by atoms with Crippen LogP contribution in [-0.4, -0.2) is 9.55 Å². The Morgan fingerprint density at radius 1 is 1.10 bits per heavy atom. The highest BCUT2D eigenvalue weighted by Crippen LogP contribution is 2.34. The maximum absolute atomic E-state index is 13.5. The van der Waals surface area contributed by atoms with Gasteiger partial charge in [-0.2, -0.15) is 0 Å². The quantitative estimate of drug-likeness (QED) is 0.388. The molecule has 30 heavy (non-hydrogen) atoms. The molecule has 0 aliphatic carbocycles. The van der Waals surface area contributed by atoms with Crippen LogP contribution in [0.3, 0.4) is 0 Å². The van der Waals surface area contributed by atoms with E-state index in [9.17, 15) is 9.18 Å². The molecular formula is C23H18Cl2FN3O. The van der Waals surface area contributed by atoms with E-state index in [-0.39, 0.29) is 11.4 Å². The summed E-state index contributed by atoms with van der Waals surface area (Å²) in [5.41, 5.74) is 2.73. The molecule has 7 heteroatoms. The first kappa shape index (κ1) is 20.4. The Morgan fingerprint density at radius 2 is 1.83 bits per heavy atom. The van der Waals surface area contributed by atoms with E-state index in [4.69, 9.17) is 23.2 Å². The lowest BCUT2D eigenvalue weighted by molar-refractivity contribution is 0.619. The highest BCUT2D eigenvalue weighted by Gasteiger charge is 2.16. The molecule has 4 aromatic rings. The summed E-state index contributed by atoms with van der Waals surface area (Å²) >= 11 is 12.7. The summed E-state index contributed by atoms with van der Waals surface area (Å²) in [7, 11) is 0. The largest absolute Gasteiger partial charge is 0.340 e. The van der Waals surface area contributed by atoms with Crippen LogP contribution in [0.4, 0.5) is 15.9 Å². The van der Waals surface area contributed by atoms with Crippen molar-refractivity contribution in [2.45, 2.75) is 20.4 Å². The van der Waals surface area contributed by atoms with E-state index < -0.39 is 0 Å². The molecule has 152 valence electrons. The number of nitrogens with zero attached hydrogens (tertiary/aromatic N) is 2. The number of aromatic nitrogens is 2. The second-order valence-corrected chi connectivity index (χ2v) is 7.74. The molecule has 0 unspecified atom stereocenters. The third kappa shape index (κ3) is 3.66. The van der Waals surface area contributed by atoms with Crippen molar-refractivity contribution in [3.05, 3.63) is 86.5 Å². The molecule has 0 aliphatic heterocycles. The van der Waals surface area contributed by atoms with E-state index in [1.54, 1.807) is 60.2 Å². The standard InChI is InChI=1S/C23H18Cl2FN3O/c1-3-29-20-11-21(28-15-7-8-19(26)13(2)9-15)27-12-14(20)10-16(23(29)30)22-17(24)5-4-6-18(22)25/h4-12H,3H2,1-2H3,(H,27,28). The Labute approximate surface area is 182 Å². The zero-order valence-electron chi connectivity index (χ0n) is 16.3. The van der Waals surface area contributed by atoms with Gasteiger partial charge in [0.1, 0.15) is 11.6 Å². The minimum absolute atomic E-state index is 0.185. The van der Waals surface area contributed by atoms with E-state index >= 15 is 0 Å². The highest BCUT2D eigenvalue weighted by molar-refractivity contribution is 6.39. The zero-order chi connectivity index (χ0) is 21.4. The van der Waals surface area contributed by atoms with Gasteiger partial charge in [0.2, 0.25) is 0 Å². The highest BCUT2D eigenvalue weighted by atomic mass is 35.5. The monoisotopic (exact) mass is 441 g/mol. The van der Waals surface area contributed by atoms with E-state index in [1.807, 2.05) is 6.92 Å². The maximum Gasteiger partial charge on any atom is 0.259 e.